The van der Waals surface area contributed by atoms with Gasteiger partial charge in [0.15, 0.2) is 0 Å². The van der Waals surface area contributed by atoms with E-state index in [2.05, 4.69) is 20.8 Å². The Balaban J connectivity index is 1.94. The van der Waals surface area contributed by atoms with Crippen LogP contribution >= 0.6 is 11.3 Å². The summed E-state index contributed by atoms with van der Waals surface area (Å²) in [4.78, 5) is 25.4. The summed E-state index contributed by atoms with van der Waals surface area (Å²) in [5.41, 5.74) is 0. The van der Waals surface area contributed by atoms with Crippen LogP contribution in [0.1, 0.15) is 37.6 Å². The first kappa shape index (κ1) is 21.3. The number of nitrogens with one attached hydrogen (secondary N) is 2. The summed E-state index contributed by atoms with van der Waals surface area (Å²) < 4.78 is 37.8. The van der Waals surface area contributed by atoms with Gasteiger partial charge in [0.25, 0.3) is 5.91 Å². The number of anilines is 1. The van der Waals surface area contributed by atoms with Gasteiger partial charge in [0.05, 0.1) is 6.04 Å². The summed E-state index contributed by atoms with van der Waals surface area (Å²) in [5, 5.41) is 11.2. The maximum absolute atomic E-state index is 12.6. The molecule has 7 nitrogen and oxygen atoms in total. The highest BCUT2D eigenvalue weighted by atomic mass is 32.1. The van der Waals surface area contributed by atoms with E-state index in [1.54, 1.807) is 0 Å². The van der Waals surface area contributed by atoms with E-state index in [0.717, 1.165) is 30.7 Å². The average Bonchev–Trinajstić information content (AvgIpc) is 3.15. The number of piperidine rings is 1. The lowest BCUT2D eigenvalue weighted by Crippen LogP contribution is -2.49. The number of halogens is 3. The number of likely N-dealkylation sites (N-methyl/N-ethyl adjacent to an activating group) is 1. The average molecular weight is 405 g/mol. The minimum atomic E-state index is -4.60. The van der Waals surface area contributed by atoms with Gasteiger partial charge in [0.2, 0.25) is 16.0 Å². The zero-order chi connectivity index (χ0) is 20.0. The van der Waals surface area contributed by atoms with Crippen LogP contribution < -0.4 is 15.5 Å². The van der Waals surface area contributed by atoms with Gasteiger partial charge in [-0.15, -0.1) is 10.2 Å². The Kier molecular flexibility index (Phi) is 7.31. The Bertz CT molecular complexity index is 686. The highest BCUT2D eigenvalue weighted by Gasteiger charge is 2.36. The predicted octanol–water partition coefficient (Wildman–Crippen LogP) is 2.11. The zero-order valence-corrected chi connectivity index (χ0v) is 15.9. The van der Waals surface area contributed by atoms with E-state index in [4.69, 9.17) is 0 Å². The fourth-order valence-electron chi connectivity index (χ4n) is 2.52. The van der Waals surface area contributed by atoms with E-state index in [1.165, 1.54) is 19.2 Å². The largest absolute Gasteiger partial charge is 0.445 e. The molecule has 27 heavy (non-hydrogen) atoms. The van der Waals surface area contributed by atoms with Crippen molar-refractivity contribution < 1.29 is 22.8 Å². The summed E-state index contributed by atoms with van der Waals surface area (Å²) in [6, 6.07) is -0.583. The predicted molar refractivity (Wildman–Crippen MR) is 95.3 cm³/mol. The molecule has 1 aliphatic rings. The van der Waals surface area contributed by atoms with Gasteiger partial charge in [-0.2, -0.15) is 13.2 Å². The molecule has 0 aromatic carbocycles. The SMILES string of the molecule is CC[C@@H](/C=C/C(=O)N(C)c1nnc(C(F)(F)F)s1)NC(=O)[C@@H]1CCCCN1. The maximum Gasteiger partial charge on any atom is 0.445 e. The maximum atomic E-state index is 12.6. The first-order chi connectivity index (χ1) is 12.7. The number of nitrogens with zero attached hydrogens (tertiary/aromatic N) is 3. The number of hydrogen-bond acceptors (Lipinski definition) is 6. The third-order valence-electron chi connectivity index (χ3n) is 4.14. The quantitative estimate of drug-likeness (QED) is 0.708. The number of carbonyl (C=O) groups excluding carboxylic acids is 2. The van der Waals surface area contributed by atoms with Crippen molar-refractivity contribution in [2.24, 2.45) is 0 Å². The van der Waals surface area contributed by atoms with Crippen LogP contribution in [0.3, 0.4) is 0 Å². The van der Waals surface area contributed by atoms with E-state index >= 15 is 0 Å². The fourth-order valence-corrected chi connectivity index (χ4v) is 3.19. The number of aromatic nitrogens is 2. The molecule has 2 heterocycles. The van der Waals surface area contributed by atoms with Crippen LogP contribution in [0.25, 0.3) is 0 Å². The van der Waals surface area contributed by atoms with Crippen molar-refractivity contribution in [3.63, 3.8) is 0 Å². The molecule has 0 bridgehead atoms. The molecule has 1 aliphatic heterocycles. The third kappa shape index (κ3) is 5.99. The van der Waals surface area contributed by atoms with E-state index < -0.39 is 17.1 Å². The lowest BCUT2D eigenvalue weighted by atomic mass is 10.0. The lowest BCUT2D eigenvalue weighted by Gasteiger charge is -2.24. The standard InChI is InChI=1S/C16H22F3N5O2S/c1-3-10(21-13(26)11-6-4-5-9-20-11)7-8-12(25)24(2)15-23-22-14(27-15)16(17,18)19/h7-8,10-11,20H,3-6,9H2,1-2H3,(H,21,26)/b8-7+/t10-,11-/m0/s1. The smallest absolute Gasteiger partial charge is 0.349 e. The highest BCUT2D eigenvalue weighted by Crippen LogP contribution is 2.34. The minimum Gasteiger partial charge on any atom is -0.349 e. The second-order valence-electron chi connectivity index (χ2n) is 6.17. The topological polar surface area (TPSA) is 87.2 Å². The van der Waals surface area contributed by atoms with Crippen LogP contribution in [0.15, 0.2) is 12.2 Å². The minimum absolute atomic E-state index is 0.119. The van der Waals surface area contributed by atoms with Crippen molar-refractivity contribution in [2.45, 2.75) is 50.9 Å². The molecule has 2 N–H and O–H groups in total. The van der Waals surface area contributed by atoms with Gasteiger partial charge in [-0.25, -0.2) is 0 Å². The summed E-state index contributed by atoms with van der Waals surface area (Å²) in [6.45, 7) is 2.66. The van der Waals surface area contributed by atoms with Crippen molar-refractivity contribution in [1.29, 1.82) is 0 Å². The molecule has 0 radical (unpaired) electrons. The fraction of sp³-hybridized carbons (Fsp3) is 0.625. The normalized spacial score (nSPS) is 19.1. The molecule has 1 saturated heterocycles. The van der Waals surface area contributed by atoms with Gasteiger partial charge >= 0.3 is 6.18 Å². The van der Waals surface area contributed by atoms with Crippen LogP contribution in [0.2, 0.25) is 0 Å². The molecular weight excluding hydrogens is 383 g/mol. The summed E-state index contributed by atoms with van der Waals surface area (Å²) in [7, 11) is 1.32. The second-order valence-corrected chi connectivity index (χ2v) is 7.13. The first-order valence-electron chi connectivity index (χ1n) is 8.62. The Labute approximate surface area is 159 Å². The lowest BCUT2D eigenvalue weighted by molar-refractivity contribution is -0.138. The van der Waals surface area contributed by atoms with Crippen molar-refractivity contribution >= 4 is 28.3 Å². The van der Waals surface area contributed by atoms with Crippen LogP contribution in [-0.2, 0) is 15.8 Å². The van der Waals surface area contributed by atoms with Crippen molar-refractivity contribution in [2.75, 3.05) is 18.5 Å². The molecule has 0 spiro atoms. The zero-order valence-electron chi connectivity index (χ0n) is 15.0. The van der Waals surface area contributed by atoms with E-state index in [-0.39, 0.29) is 23.1 Å². The summed E-state index contributed by atoms with van der Waals surface area (Å²) in [5.74, 6) is -0.672. The molecule has 1 fully saturated rings. The molecule has 2 rings (SSSR count). The van der Waals surface area contributed by atoms with Gasteiger partial charge < -0.3 is 10.6 Å². The van der Waals surface area contributed by atoms with E-state index in [1.807, 2.05) is 6.92 Å². The number of rotatable bonds is 6. The van der Waals surface area contributed by atoms with Gasteiger partial charge in [0, 0.05) is 19.2 Å². The van der Waals surface area contributed by atoms with Crippen molar-refractivity contribution in [1.82, 2.24) is 20.8 Å². The van der Waals surface area contributed by atoms with Crippen LogP contribution in [0.4, 0.5) is 18.3 Å². The third-order valence-corrected chi connectivity index (χ3v) is 5.18. The molecular formula is C16H22F3N5O2S. The molecule has 1 aromatic heterocycles. The number of alkyl halides is 3. The Morgan fingerprint density at radius 1 is 1.41 bits per heavy atom. The number of hydrogen-bond donors (Lipinski definition) is 2. The summed E-state index contributed by atoms with van der Waals surface area (Å²) in [6.07, 6.45) is 1.53. The van der Waals surface area contributed by atoms with Crippen LogP contribution in [-0.4, -0.2) is 47.7 Å². The van der Waals surface area contributed by atoms with Crippen molar-refractivity contribution in [3.05, 3.63) is 17.2 Å². The molecule has 150 valence electrons. The molecule has 2 amide bonds. The molecule has 1 aromatic rings. The Morgan fingerprint density at radius 2 is 2.15 bits per heavy atom. The summed E-state index contributed by atoms with van der Waals surface area (Å²) >= 11 is 0.292. The van der Waals surface area contributed by atoms with Crippen LogP contribution in [0.5, 0.6) is 0 Å². The molecule has 0 unspecified atom stereocenters. The molecule has 0 saturated carbocycles. The first-order valence-corrected chi connectivity index (χ1v) is 9.44. The molecule has 0 aliphatic carbocycles. The molecule has 2 atom stereocenters. The highest BCUT2D eigenvalue weighted by molar-refractivity contribution is 7.15. The van der Waals surface area contributed by atoms with Gasteiger partial charge in [-0.1, -0.05) is 30.8 Å². The van der Waals surface area contributed by atoms with Crippen LogP contribution in [0, 0.1) is 0 Å². The van der Waals surface area contributed by atoms with Crippen molar-refractivity contribution in [3.8, 4) is 0 Å². The second kappa shape index (κ2) is 9.27. The van der Waals surface area contributed by atoms with Gasteiger partial charge in [-0.3, -0.25) is 14.5 Å². The van der Waals surface area contributed by atoms with Gasteiger partial charge in [-0.05, 0) is 25.8 Å². The van der Waals surface area contributed by atoms with Gasteiger partial charge in [0.1, 0.15) is 0 Å². The number of carbonyl (C=O) groups is 2. The monoisotopic (exact) mass is 405 g/mol. The molecule has 11 heteroatoms. The van der Waals surface area contributed by atoms with E-state index in [0.29, 0.717) is 17.8 Å². The number of amides is 2. The Hall–Kier alpha value is -2.01. The van der Waals surface area contributed by atoms with E-state index in [9.17, 15) is 22.8 Å². The Morgan fingerprint density at radius 3 is 2.70 bits per heavy atom.